The van der Waals surface area contributed by atoms with E-state index in [1.165, 1.54) is 244 Å². The van der Waals surface area contributed by atoms with Crippen LogP contribution >= 0.6 is 0 Å². The topological polar surface area (TPSA) is 78.9 Å². The number of hydrogen-bond donors (Lipinski definition) is 0. The van der Waals surface area contributed by atoms with Crippen LogP contribution in [0.5, 0.6) is 0 Å². The highest BCUT2D eigenvalue weighted by molar-refractivity contribution is 5.71. The minimum absolute atomic E-state index is 0.0680. The molecular weight excluding hydrogens is 841 g/mol. The lowest BCUT2D eigenvalue weighted by molar-refractivity contribution is -0.167. The highest BCUT2D eigenvalue weighted by atomic mass is 16.6. The molecule has 68 heavy (non-hydrogen) atoms. The number of unbranched alkanes of at least 4 members (excludes halogenated alkanes) is 44. The zero-order chi connectivity index (χ0) is 49.3. The fraction of sp³-hybridized carbons (Fsp3) is 0.919. The molecule has 0 radical (unpaired) electrons. The first-order valence-electron chi connectivity index (χ1n) is 30.7. The Hall–Kier alpha value is -1.85. The molecule has 0 amide bonds. The molecule has 0 bridgehead atoms. The number of allylic oxidation sites excluding steroid dienone is 2. The molecular formula is C62H118O6. The van der Waals surface area contributed by atoms with Gasteiger partial charge >= 0.3 is 17.9 Å². The van der Waals surface area contributed by atoms with Gasteiger partial charge in [0.2, 0.25) is 0 Å². The summed E-state index contributed by atoms with van der Waals surface area (Å²) in [5, 5.41) is 0. The second-order valence-electron chi connectivity index (χ2n) is 21.0. The van der Waals surface area contributed by atoms with Gasteiger partial charge in [0.1, 0.15) is 13.2 Å². The third-order valence-corrected chi connectivity index (χ3v) is 14.0. The van der Waals surface area contributed by atoms with Crippen LogP contribution in [0.25, 0.3) is 0 Å². The molecule has 0 aromatic carbocycles. The summed E-state index contributed by atoms with van der Waals surface area (Å²) in [4.78, 5) is 38.0. The van der Waals surface area contributed by atoms with Crippen LogP contribution in [0.4, 0.5) is 0 Å². The van der Waals surface area contributed by atoms with Gasteiger partial charge in [-0.15, -0.1) is 0 Å². The van der Waals surface area contributed by atoms with Gasteiger partial charge in [0.15, 0.2) is 6.10 Å². The molecule has 1 atom stereocenters. The van der Waals surface area contributed by atoms with Gasteiger partial charge in [0.25, 0.3) is 0 Å². The van der Waals surface area contributed by atoms with E-state index in [4.69, 9.17) is 14.2 Å². The lowest BCUT2D eigenvalue weighted by atomic mass is 10.0. The van der Waals surface area contributed by atoms with Crippen LogP contribution in [-0.4, -0.2) is 37.2 Å². The van der Waals surface area contributed by atoms with E-state index in [-0.39, 0.29) is 31.1 Å². The minimum atomic E-state index is -0.767. The summed E-state index contributed by atoms with van der Waals surface area (Å²) < 4.78 is 16.8. The van der Waals surface area contributed by atoms with Crippen LogP contribution < -0.4 is 0 Å². The fourth-order valence-corrected chi connectivity index (χ4v) is 9.38. The molecule has 6 nitrogen and oxygen atoms in total. The molecule has 0 saturated heterocycles. The predicted molar refractivity (Wildman–Crippen MR) is 293 cm³/mol. The van der Waals surface area contributed by atoms with E-state index < -0.39 is 6.10 Å². The normalized spacial score (nSPS) is 12.0. The summed E-state index contributed by atoms with van der Waals surface area (Å²) in [5.74, 6) is -0.859. The highest BCUT2D eigenvalue weighted by Crippen LogP contribution is 2.18. The molecule has 6 heteroatoms. The summed E-state index contributed by atoms with van der Waals surface area (Å²) in [6.07, 6.45) is 66.8. The molecule has 0 heterocycles. The molecule has 1 unspecified atom stereocenters. The standard InChI is InChI=1S/C62H118O6/c1-4-7-10-13-16-19-21-23-24-25-26-27-28-29-30-31-32-33-34-35-36-37-38-39-41-43-46-49-52-55-61(64)67-58-59(57-66-60(63)54-51-48-45-42-18-15-12-9-6-3)68-62(65)56-53-50-47-44-40-22-20-17-14-11-8-5-2/h17,20,59H,4-16,18-19,21-58H2,1-3H3/b20-17-. The Morgan fingerprint density at radius 1 is 0.279 bits per heavy atom. The van der Waals surface area contributed by atoms with Crippen molar-refractivity contribution in [2.45, 2.75) is 354 Å². The SMILES string of the molecule is CCCCC/C=C\CCCCCCCC(=O)OC(COC(=O)CCCCCCCCCCC)COC(=O)CCCCCCCCCCCCCCCCCCCCCCCCCCCCCCC. The average molecular weight is 960 g/mol. The van der Waals surface area contributed by atoms with Crippen molar-refractivity contribution in [3.05, 3.63) is 12.2 Å². The molecule has 0 saturated carbocycles. The third-order valence-electron chi connectivity index (χ3n) is 14.0. The molecule has 0 aromatic rings. The van der Waals surface area contributed by atoms with Gasteiger partial charge in [0.05, 0.1) is 0 Å². The summed E-state index contributed by atoms with van der Waals surface area (Å²) >= 11 is 0. The lowest BCUT2D eigenvalue weighted by Gasteiger charge is -2.18. The van der Waals surface area contributed by atoms with Crippen LogP contribution in [0.1, 0.15) is 348 Å². The fourth-order valence-electron chi connectivity index (χ4n) is 9.38. The van der Waals surface area contributed by atoms with Crippen LogP contribution in [0, 0.1) is 0 Å². The van der Waals surface area contributed by atoms with E-state index in [1.807, 2.05) is 0 Å². The van der Waals surface area contributed by atoms with Gasteiger partial charge in [-0.1, -0.05) is 296 Å². The molecule has 0 aliphatic heterocycles. The van der Waals surface area contributed by atoms with Crippen molar-refractivity contribution < 1.29 is 28.6 Å². The third kappa shape index (κ3) is 55.1. The Balaban J connectivity index is 4.00. The zero-order valence-corrected chi connectivity index (χ0v) is 46.2. The maximum absolute atomic E-state index is 12.8. The van der Waals surface area contributed by atoms with Crippen LogP contribution in [0.3, 0.4) is 0 Å². The van der Waals surface area contributed by atoms with Crippen LogP contribution in [-0.2, 0) is 28.6 Å². The average Bonchev–Trinajstić information content (AvgIpc) is 3.34. The van der Waals surface area contributed by atoms with Crippen molar-refractivity contribution >= 4 is 17.9 Å². The number of esters is 3. The van der Waals surface area contributed by atoms with Crippen molar-refractivity contribution in [2.24, 2.45) is 0 Å². The van der Waals surface area contributed by atoms with Crippen LogP contribution in [0.2, 0.25) is 0 Å². The smallest absolute Gasteiger partial charge is 0.306 e. The number of carbonyl (C=O) groups is 3. The molecule has 0 aromatic heterocycles. The second-order valence-corrected chi connectivity index (χ2v) is 21.0. The number of hydrogen-bond acceptors (Lipinski definition) is 6. The predicted octanol–water partition coefficient (Wildman–Crippen LogP) is 20.5. The first kappa shape index (κ1) is 66.2. The van der Waals surface area contributed by atoms with E-state index in [9.17, 15) is 14.4 Å². The van der Waals surface area contributed by atoms with Gasteiger partial charge in [-0.3, -0.25) is 14.4 Å². The monoisotopic (exact) mass is 959 g/mol. The maximum atomic E-state index is 12.8. The van der Waals surface area contributed by atoms with Crippen molar-refractivity contribution in [3.63, 3.8) is 0 Å². The Morgan fingerprint density at radius 3 is 0.765 bits per heavy atom. The van der Waals surface area contributed by atoms with E-state index in [0.29, 0.717) is 19.3 Å². The van der Waals surface area contributed by atoms with Gasteiger partial charge in [-0.2, -0.15) is 0 Å². The Morgan fingerprint density at radius 2 is 0.485 bits per heavy atom. The van der Waals surface area contributed by atoms with Crippen molar-refractivity contribution in [1.29, 1.82) is 0 Å². The summed E-state index contributed by atoms with van der Waals surface area (Å²) in [7, 11) is 0. The summed E-state index contributed by atoms with van der Waals surface area (Å²) in [6, 6.07) is 0. The minimum Gasteiger partial charge on any atom is -0.462 e. The molecule has 0 rings (SSSR count). The van der Waals surface area contributed by atoms with E-state index in [0.717, 1.165) is 64.2 Å². The highest BCUT2D eigenvalue weighted by Gasteiger charge is 2.19. The van der Waals surface area contributed by atoms with Crippen LogP contribution in [0.15, 0.2) is 12.2 Å². The quantitative estimate of drug-likeness (QED) is 0.0262. The second kappa shape index (κ2) is 57.7. The lowest BCUT2D eigenvalue weighted by Crippen LogP contribution is -2.30. The molecule has 0 spiro atoms. The van der Waals surface area contributed by atoms with Gasteiger partial charge < -0.3 is 14.2 Å². The maximum Gasteiger partial charge on any atom is 0.306 e. The Bertz CT molecular complexity index is 1060. The molecule has 402 valence electrons. The van der Waals surface area contributed by atoms with Crippen molar-refractivity contribution in [3.8, 4) is 0 Å². The van der Waals surface area contributed by atoms with E-state index >= 15 is 0 Å². The largest absolute Gasteiger partial charge is 0.462 e. The van der Waals surface area contributed by atoms with Gasteiger partial charge in [0, 0.05) is 19.3 Å². The van der Waals surface area contributed by atoms with Crippen molar-refractivity contribution in [1.82, 2.24) is 0 Å². The zero-order valence-electron chi connectivity index (χ0n) is 46.2. The number of rotatable bonds is 57. The Labute approximate surface area is 424 Å². The van der Waals surface area contributed by atoms with Gasteiger partial charge in [-0.25, -0.2) is 0 Å². The summed E-state index contributed by atoms with van der Waals surface area (Å²) in [5.41, 5.74) is 0. The first-order chi connectivity index (χ1) is 33.5. The van der Waals surface area contributed by atoms with E-state index in [2.05, 4.69) is 32.9 Å². The molecule has 0 fully saturated rings. The molecule has 0 aliphatic carbocycles. The molecule has 0 aliphatic rings. The van der Waals surface area contributed by atoms with E-state index in [1.54, 1.807) is 0 Å². The summed E-state index contributed by atoms with van der Waals surface area (Å²) in [6.45, 7) is 6.64. The number of carbonyl (C=O) groups excluding carboxylic acids is 3. The van der Waals surface area contributed by atoms with Crippen molar-refractivity contribution in [2.75, 3.05) is 13.2 Å². The number of ether oxygens (including phenoxy) is 3. The molecule has 0 N–H and O–H groups in total. The Kier molecular flexibility index (Phi) is 56.2. The van der Waals surface area contributed by atoms with Gasteiger partial charge in [-0.05, 0) is 44.9 Å². The first-order valence-corrected chi connectivity index (χ1v) is 30.7.